The Hall–Kier alpha value is -1.50. The number of benzene rings is 1. The van der Waals surface area contributed by atoms with Gasteiger partial charge in [0.15, 0.2) is 5.11 Å². The second-order valence-electron chi connectivity index (χ2n) is 6.05. The van der Waals surface area contributed by atoms with Gasteiger partial charge in [0, 0.05) is 18.5 Å². The molecule has 0 bridgehead atoms. The fourth-order valence-electron chi connectivity index (χ4n) is 3.13. The number of hydrazone groups is 1. The predicted molar refractivity (Wildman–Crippen MR) is 96.0 cm³/mol. The van der Waals surface area contributed by atoms with Gasteiger partial charge in [-0.2, -0.15) is 5.10 Å². The number of aryl methyl sites for hydroxylation is 1. The molecule has 0 spiro atoms. The van der Waals surface area contributed by atoms with E-state index in [1.165, 1.54) is 17.7 Å². The van der Waals surface area contributed by atoms with E-state index in [9.17, 15) is 0 Å². The molecule has 2 aliphatic rings. The summed E-state index contributed by atoms with van der Waals surface area (Å²) in [6, 6.07) is 8.44. The van der Waals surface area contributed by atoms with Crippen LogP contribution in [0.25, 0.3) is 0 Å². The number of rotatable bonds is 5. The van der Waals surface area contributed by atoms with Gasteiger partial charge in [-0.15, -0.1) is 0 Å². The third kappa shape index (κ3) is 4.73. The van der Waals surface area contributed by atoms with Gasteiger partial charge in [0.1, 0.15) is 13.1 Å². The summed E-state index contributed by atoms with van der Waals surface area (Å²) >= 11 is 5.30. The van der Waals surface area contributed by atoms with E-state index in [0.717, 1.165) is 57.8 Å². The molecule has 0 radical (unpaired) electrons. The minimum atomic E-state index is 0.610. The number of ether oxygens (including phenoxy) is 1. The third-order valence-corrected chi connectivity index (χ3v) is 4.68. The van der Waals surface area contributed by atoms with E-state index >= 15 is 0 Å². The van der Waals surface area contributed by atoms with Gasteiger partial charge in [-0.25, -0.2) is 0 Å². The molecule has 3 N–H and O–H groups in total. The number of quaternary nitrogens is 1. The second-order valence-corrected chi connectivity index (χ2v) is 6.46. The molecule has 1 aliphatic heterocycles. The van der Waals surface area contributed by atoms with Crippen molar-refractivity contribution in [3.05, 3.63) is 35.4 Å². The third-order valence-electron chi connectivity index (χ3n) is 4.44. The normalized spacial score (nSPS) is 19.6. The predicted octanol–water partition coefficient (Wildman–Crippen LogP) is 0.106. The van der Waals surface area contributed by atoms with Crippen LogP contribution in [0.15, 0.2) is 29.4 Å². The van der Waals surface area contributed by atoms with E-state index in [-0.39, 0.29) is 0 Å². The lowest BCUT2D eigenvalue weighted by atomic mass is 10.1. The van der Waals surface area contributed by atoms with Crippen molar-refractivity contribution < 1.29 is 9.64 Å². The number of hydrogen-bond acceptors (Lipinski definition) is 3. The maximum atomic E-state index is 5.37. The first-order chi connectivity index (χ1) is 11.3. The van der Waals surface area contributed by atoms with Gasteiger partial charge in [0.2, 0.25) is 0 Å². The van der Waals surface area contributed by atoms with Crippen LogP contribution in [-0.2, 0) is 11.2 Å². The molecule has 0 unspecified atom stereocenters. The van der Waals surface area contributed by atoms with Crippen molar-refractivity contribution >= 4 is 23.0 Å². The van der Waals surface area contributed by atoms with E-state index in [1.807, 2.05) is 0 Å². The average molecular weight is 333 g/mol. The van der Waals surface area contributed by atoms with Crippen molar-refractivity contribution in [2.24, 2.45) is 5.10 Å². The Balaban J connectivity index is 1.36. The Morgan fingerprint density at radius 2 is 2.04 bits per heavy atom. The molecule has 1 saturated heterocycles. The van der Waals surface area contributed by atoms with Crippen molar-refractivity contribution in [1.82, 2.24) is 10.7 Å². The zero-order valence-electron chi connectivity index (χ0n) is 13.4. The largest absolute Gasteiger partial charge is 0.370 e. The summed E-state index contributed by atoms with van der Waals surface area (Å²) in [7, 11) is 0. The first kappa shape index (κ1) is 16.4. The van der Waals surface area contributed by atoms with Gasteiger partial charge < -0.3 is 15.0 Å². The van der Waals surface area contributed by atoms with Crippen LogP contribution in [0.4, 0.5) is 0 Å². The molecule has 5 nitrogen and oxygen atoms in total. The molecule has 3 rings (SSSR count). The van der Waals surface area contributed by atoms with E-state index < -0.39 is 0 Å². The number of nitrogens with zero attached hydrogens (tertiary/aromatic N) is 1. The Kier molecular flexibility index (Phi) is 5.96. The number of morpholine rings is 1. The van der Waals surface area contributed by atoms with Crippen LogP contribution in [0.2, 0.25) is 0 Å². The highest BCUT2D eigenvalue weighted by molar-refractivity contribution is 7.80. The van der Waals surface area contributed by atoms with Crippen LogP contribution in [0.3, 0.4) is 0 Å². The molecule has 1 heterocycles. The first-order valence-corrected chi connectivity index (χ1v) is 8.84. The molecular weight excluding hydrogens is 308 g/mol. The minimum absolute atomic E-state index is 0.610. The molecule has 23 heavy (non-hydrogen) atoms. The van der Waals surface area contributed by atoms with Crippen LogP contribution >= 0.6 is 12.2 Å². The monoisotopic (exact) mass is 333 g/mol. The van der Waals surface area contributed by atoms with Crippen molar-refractivity contribution in [2.75, 3.05) is 39.4 Å². The standard InChI is InChI=1S/C17H24N4OS/c23-17(18-8-3-9-21-10-12-22-13-11-21)20-19-16-7-6-14-4-1-2-5-15(14)16/h1-2,4-5H,3,6-13H2,(H2,18,20,23)/p+1/b19-16-. The lowest BCUT2D eigenvalue weighted by Gasteiger charge is -2.23. The van der Waals surface area contributed by atoms with E-state index in [4.69, 9.17) is 17.0 Å². The minimum Gasteiger partial charge on any atom is -0.370 e. The van der Waals surface area contributed by atoms with Crippen LogP contribution in [0, 0.1) is 0 Å². The number of fused-ring (bicyclic) bond motifs is 1. The summed E-state index contributed by atoms with van der Waals surface area (Å²) in [5.74, 6) is 0. The molecule has 124 valence electrons. The summed E-state index contributed by atoms with van der Waals surface area (Å²) in [6.45, 7) is 6.08. The molecule has 6 heteroatoms. The highest BCUT2D eigenvalue weighted by Crippen LogP contribution is 2.21. The van der Waals surface area contributed by atoms with Gasteiger partial charge in [-0.1, -0.05) is 24.3 Å². The summed E-state index contributed by atoms with van der Waals surface area (Å²) < 4.78 is 5.37. The van der Waals surface area contributed by atoms with E-state index in [0.29, 0.717) is 5.11 Å². The maximum absolute atomic E-state index is 5.37. The summed E-state index contributed by atoms with van der Waals surface area (Å²) in [5, 5.41) is 8.32. The topological polar surface area (TPSA) is 50.1 Å². The van der Waals surface area contributed by atoms with Crippen molar-refractivity contribution in [2.45, 2.75) is 19.3 Å². The first-order valence-electron chi connectivity index (χ1n) is 8.43. The summed E-state index contributed by atoms with van der Waals surface area (Å²) in [5.41, 5.74) is 6.71. The van der Waals surface area contributed by atoms with Gasteiger partial charge in [0.05, 0.1) is 25.5 Å². The summed E-state index contributed by atoms with van der Waals surface area (Å²) in [4.78, 5) is 1.62. The van der Waals surface area contributed by atoms with Gasteiger partial charge in [-0.05, 0) is 30.6 Å². The smallest absolute Gasteiger partial charge is 0.186 e. The van der Waals surface area contributed by atoms with E-state index in [2.05, 4.69) is 40.1 Å². The Morgan fingerprint density at radius 3 is 2.91 bits per heavy atom. The Bertz CT molecular complexity index is 569. The fourth-order valence-corrected chi connectivity index (χ4v) is 3.28. The lowest BCUT2D eigenvalue weighted by Crippen LogP contribution is -3.14. The molecule has 1 fully saturated rings. The quantitative estimate of drug-likeness (QED) is 0.407. The number of hydrogen-bond donors (Lipinski definition) is 3. The highest BCUT2D eigenvalue weighted by Gasteiger charge is 2.16. The summed E-state index contributed by atoms with van der Waals surface area (Å²) in [6.07, 6.45) is 3.16. The van der Waals surface area contributed by atoms with Crippen molar-refractivity contribution in [3.8, 4) is 0 Å². The van der Waals surface area contributed by atoms with Gasteiger partial charge >= 0.3 is 0 Å². The van der Waals surface area contributed by atoms with Gasteiger partial charge in [-0.3, -0.25) is 5.43 Å². The Labute approximate surface area is 143 Å². The Morgan fingerprint density at radius 1 is 1.22 bits per heavy atom. The van der Waals surface area contributed by atoms with Crippen LogP contribution in [-0.4, -0.2) is 50.2 Å². The van der Waals surface area contributed by atoms with Gasteiger partial charge in [0.25, 0.3) is 0 Å². The molecule has 0 aromatic heterocycles. The second kappa shape index (κ2) is 8.38. The van der Waals surface area contributed by atoms with Crippen LogP contribution < -0.4 is 15.6 Å². The molecule has 0 atom stereocenters. The number of thiocarbonyl (C=S) groups is 1. The molecule has 0 amide bonds. The molecule has 1 aliphatic carbocycles. The molecule has 1 aromatic carbocycles. The molecule has 1 aromatic rings. The van der Waals surface area contributed by atoms with Crippen molar-refractivity contribution in [3.63, 3.8) is 0 Å². The molecular formula is C17H25N4OS+. The maximum Gasteiger partial charge on any atom is 0.186 e. The fraction of sp³-hybridized carbons (Fsp3) is 0.529. The zero-order chi connectivity index (χ0) is 15.9. The SMILES string of the molecule is S=C(NCCC[NH+]1CCOCC1)N/N=C1/CCc2ccccc21. The highest BCUT2D eigenvalue weighted by atomic mass is 32.1. The number of nitrogens with one attached hydrogen (secondary N) is 3. The van der Waals surface area contributed by atoms with Crippen LogP contribution in [0.1, 0.15) is 24.0 Å². The zero-order valence-corrected chi connectivity index (χ0v) is 14.3. The average Bonchev–Trinajstić information content (AvgIpc) is 3.01. The van der Waals surface area contributed by atoms with E-state index in [1.54, 1.807) is 4.90 Å². The van der Waals surface area contributed by atoms with Crippen molar-refractivity contribution in [1.29, 1.82) is 0 Å². The van der Waals surface area contributed by atoms with Crippen LogP contribution in [0.5, 0.6) is 0 Å². The lowest BCUT2D eigenvalue weighted by molar-refractivity contribution is -0.908. The molecule has 0 saturated carbocycles.